The first-order valence-corrected chi connectivity index (χ1v) is 3.89. The van der Waals surface area contributed by atoms with Crippen LogP contribution in [0.2, 0.25) is 0 Å². The van der Waals surface area contributed by atoms with E-state index in [4.69, 9.17) is 0 Å². The van der Waals surface area contributed by atoms with E-state index in [1.807, 2.05) is 0 Å². The van der Waals surface area contributed by atoms with Crippen LogP contribution in [0.5, 0.6) is 0 Å². The third-order valence-electron chi connectivity index (χ3n) is 1.45. The molecule has 0 aromatic carbocycles. The number of hydrogen-bond donors (Lipinski definition) is 0. The molecule has 2 heterocycles. The summed E-state index contributed by atoms with van der Waals surface area (Å²) in [7, 11) is 1.38. The van der Waals surface area contributed by atoms with E-state index in [1.165, 1.54) is 18.4 Å². The van der Waals surface area contributed by atoms with E-state index in [0.717, 1.165) is 9.89 Å². The van der Waals surface area contributed by atoms with Crippen LogP contribution in [-0.2, 0) is 4.74 Å². The summed E-state index contributed by atoms with van der Waals surface area (Å²) < 4.78 is 5.61. The van der Waals surface area contributed by atoms with Gasteiger partial charge < -0.3 is 4.74 Å². The number of methoxy groups -OCH3 is 1. The van der Waals surface area contributed by atoms with Crippen LogP contribution in [0.3, 0.4) is 0 Å². The predicted octanol–water partition coefficient (Wildman–Crippen LogP) is -0.0941. The van der Waals surface area contributed by atoms with Gasteiger partial charge in [-0.1, -0.05) is 0 Å². The Morgan fingerprint density at radius 3 is 2.91 bits per heavy atom. The van der Waals surface area contributed by atoms with Gasteiger partial charge in [0.1, 0.15) is 4.88 Å². The van der Waals surface area contributed by atoms with E-state index in [1.54, 1.807) is 12.3 Å². The molecule has 3 nitrogen and oxygen atoms in total. The minimum atomic E-state index is -0.284. The number of ether oxygens (including phenoxy) is 1. The van der Waals surface area contributed by atoms with Crippen LogP contribution >= 0.6 is 11.3 Å². The molecule has 1 aromatic rings. The van der Waals surface area contributed by atoms with E-state index < -0.39 is 0 Å². The summed E-state index contributed by atoms with van der Waals surface area (Å²) >= 11 is 1.41. The highest BCUT2D eigenvalue weighted by atomic mass is 32.1. The van der Waals surface area contributed by atoms with Crippen LogP contribution < -0.4 is 9.89 Å². The fourth-order valence-corrected chi connectivity index (χ4v) is 1.75. The Kier molecular flexibility index (Phi) is 1.29. The number of carbonyl (C=O) groups is 1. The van der Waals surface area contributed by atoms with Crippen molar-refractivity contribution in [3.05, 3.63) is 20.8 Å². The van der Waals surface area contributed by atoms with Gasteiger partial charge in [-0.05, 0) is 6.07 Å². The van der Waals surface area contributed by atoms with Crippen molar-refractivity contribution in [1.29, 1.82) is 0 Å². The lowest BCUT2D eigenvalue weighted by molar-refractivity contribution is 0.0606. The molecule has 0 fully saturated rings. The van der Waals surface area contributed by atoms with Gasteiger partial charge in [-0.2, -0.15) is 0 Å². The van der Waals surface area contributed by atoms with Gasteiger partial charge in [-0.3, -0.25) is 4.99 Å². The van der Waals surface area contributed by atoms with Crippen LogP contribution in [-0.4, -0.2) is 13.1 Å². The number of nitrogens with zero attached hydrogens (tertiary/aromatic N) is 1. The second kappa shape index (κ2) is 2.17. The van der Waals surface area contributed by atoms with Gasteiger partial charge in [0.2, 0.25) is 0 Å². The summed E-state index contributed by atoms with van der Waals surface area (Å²) in [6, 6.07) is 1.74. The average molecular weight is 167 g/mol. The number of fused-ring (bicyclic) bond motifs is 1. The van der Waals surface area contributed by atoms with E-state index in [9.17, 15) is 4.79 Å². The molecule has 56 valence electrons. The van der Waals surface area contributed by atoms with Crippen molar-refractivity contribution in [3.8, 4) is 0 Å². The van der Waals surface area contributed by atoms with Crippen molar-refractivity contribution in [2.24, 2.45) is 4.99 Å². The zero-order chi connectivity index (χ0) is 7.84. The van der Waals surface area contributed by atoms with E-state index in [-0.39, 0.29) is 5.97 Å². The summed E-state index contributed by atoms with van der Waals surface area (Å²) in [5.74, 6) is -0.284. The number of hydrogen-bond acceptors (Lipinski definition) is 4. The molecule has 0 amide bonds. The minimum absolute atomic E-state index is 0.284. The van der Waals surface area contributed by atoms with Gasteiger partial charge in [-0.15, -0.1) is 11.3 Å². The fourth-order valence-electron chi connectivity index (χ4n) is 0.852. The van der Waals surface area contributed by atoms with Gasteiger partial charge in [0.05, 0.1) is 17.0 Å². The Morgan fingerprint density at radius 2 is 2.55 bits per heavy atom. The fraction of sp³-hybridized carbons (Fsp3) is 0.143. The SMILES string of the molecule is COC(=O)c1cc2c(s1)=CN=2. The van der Waals surface area contributed by atoms with Crippen molar-refractivity contribution >= 4 is 23.5 Å². The highest BCUT2D eigenvalue weighted by Gasteiger charge is 2.10. The van der Waals surface area contributed by atoms with E-state index in [2.05, 4.69) is 9.73 Å². The topological polar surface area (TPSA) is 38.7 Å². The van der Waals surface area contributed by atoms with Crippen LogP contribution in [0.1, 0.15) is 9.67 Å². The molecule has 0 saturated carbocycles. The van der Waals surface area contributed by atoms with Gasteiger partial charge in [0.25, 0.3) is 0 Å². The monoisotopic (exact) mass is 167 g/mol. The Bertz CT molecular complexity index is 387. The molecule has 0 atom stereocenters. The molecule has 0 N–H and O–H groups in total. The number of thiophene rings is 1. The second-order valence-electron chi connectivity index (χ2n) is 2.11. The molecule has 11 heavy (non-hydrogen) atoms. The Morgan fingerprint density at radius 1 is 1.73 bits per heavy atom. The maximum atomic E-state index is 10.9. The van der Waals surface area contributed by atoms with Crippen molar-refractivity contribution in [1.82, 2.24) is 0 Å². The standard InChI is InChI=1S/C7H5NO2S/c1-10-7(9)5-2-4-6(11-5)3-8-4/h2-3H,1H3. The molecule has 0 aliphatic carbocycles. The smallest absolute Gasteiger partial charge is 0.348 e. The zero-order valence-corrected chi connectivity index (χ0v) is 6.64. The Hall–Kier alpha value is -1.16. The largest absolute Gasteiger partial charge is 0.465 e. The molecule has 1 aliphatic heterocycles. The van der Waals surface area contributed by atoms with Gasteiger partial charge >= 0.3 is 5.97 Å². The maximum Gasteiger partial charge on any atom is 0.348 e. The second-order valence-corrected chi connectivity index (χ2v) is 3.19. The first-order valence-electron chi connectivity index (χ1n) is 3.07. The number of carbonyl (C=O) groups excluding carboxylic acids is 1. The molecule has 1 aliphatic rings. The van der Waals surface area contributed by atoms with Crippen molar-refractivity contribution in [2.75, 3.05) is 7.11 Å². The van der Waals surface area contributed by atoms with Crippen molar-refractivity contribution in [2.45, 2.75) is 0 Å². The first kappa shape index (κ1) is 6.54. The van der Waals surface area contributed by atoms with Crippen LogP contribution in [0, 0.1) is 0 Å². The lowest BCUT2D eigenvalue weighted by Gasteiger charge is -1.90. The molecule has 0 spiro atoms. The number of rotatable bonds is 1. The summed E-state index contributed by atoms with van der Waals surface area (Å²) in [5.41, 5.74) is 0. The maximum absolute atomic E-state index is 10.9. The zero-order valence-electron chi connectivity index (χ0n) is 5.83. The molecule has 4 heteroatoms. The molecule has 0 bridgehead atoms. The van der Waals surface area contributed by atoms with Crippen molar-refractivity contribution < 1.29 is 9.53 Å². The van der Waals surface area contributed by atoms with Crippen LogP contribution in [0.4, 0.5) is 0 Å². The van der Waals surface area contributed by atoms with Gasteiger partial charge in [0.15, 0.2) is 0 Å². The Balaban J connectivity index is 2.50. The Labute approximate surface area is 66.6 Å². The molecule has 0 unspecified atom stereocenters. The molecule has 1 aromatic heterocycles. The molecule has 0 saturated heterocycles. The van der Waals surface area contributed by atoms with E-state index >= 15 is 0 Å². The first-order chi connectivity index (χ1) is 5.31. The lowest BCUT2D eigenvalue weighted by atomic mass is 10.4. The predicted molar refractivity (Wildman–Crippen MR) is 40.9 cm³/mol. The molecule has 0 radical (unpaired) electrons. The highest BCUT2D eigenvalue weighted by Crippen LogP contribution is 2.03. The number of esters is 1. The summed E-state index contributed by atoms with van der Waals surface area (Å²) in [4.78, 5) is 15.5. The van der Waals surface area contributed by atoms with Gasteiger partial charge in [-0.25, -0.2) is 4.79 Å². The van der Waals surface area contributed by atoms with Crippen LogP contribution in [0.25, 0.3) is 6.20 Å². The normalized spacial score (nSPS) is 12.1. The molecular weight excluding hydrogens is 162 g/mol. The molecular formula is C7H5NO2S. The quantitative estimate of drug-likeness (QED) is 0.548. The summed E-state index contributed by atoms with van der Waals surface area (Å²) in [6.07, 6.45) is 1.74. The van der Waals surface area contributed by atoms with Crippen LogP contribution in [0.15, 0.2) is 11.1 Å². The third kappa shape index (κ3) is 0.867. The van der Waals surface area contributed by atoms with E-state index in [0.29, 0.717) is 4.88 Å². The molecule has 2 rings (SSSR count). The minimum Gasteiger partial charge on any atom is -0.465 e. The van der Waals surface area contributed by atoms with Gasteiger partial charge in [0, 0.05) is 6.20 Å². The highest BCUT2D eigenvalue weighted by molar-refractivity contribution is 7.11. The third-order valence-corrected chi connectivity index (χ3v) is 2.49. The summed E-state index contributed by atoms with van der Waals surface area (Å²) in [5, 5.41) is 0.899. The summed E-state index contributed by atoms with van der Waals surface area (Å²) in [6.45, 7) is 0. The average Bonchev–Trinajstić information content (AvgIpc) is 2.27. The van der Waals surface area contributed by atoms with Crippen molar-refractivity contribution in [3.63, 3.8) is 0 Å². The lowest BCUT2D eigenvalue weighted by Crippen LogP contribution is -2.23.